The molecular weight excluding hydrogens is 593 g/mol. The van der Waals surface area contributed by atoms with Gasteiger partial charge in [0.1, 0.15) is 11.3 Å². The summed E-state index contributed by atoms with van der Waals surface area (Å²) in [6, 6.07) is 39.9. The predicted octanol–water partition coefficient (Wildman–Crippen LogP) is 13.7. The first kappa shape index (κ1) is 20.7. The quantitative estimate of drug-likeness (QED) is 0.139. The second-order valence-corrected chi connectivity index (χ2v) is 12.2. The molecule has 10 rings (SSSR count). The lowest BCUT2D eigenvalue weighted by Gasteiger charge is -2.18. The van der Waals surface area contributed by atoms with Gasteiger partial charge >= 0.3 is 0 Å². The van der Waals surface area contributed by atoms with Crippen molar-refractivity contribution in [2.45, 2.75) is 0 Å². The van der Waals surface area contributed by atoms with Crippen molar-refractivity contribution in [3.63, 3.8) is 0 Å². The van der Waals surface area contributed by atoms with Crippen LogP contribution in [-0.4, -0.2) is 0 Å². The standard InChI is InChI=1S/C48H30O/c1-3-14-31(15-4-1)35-28-29-41-43(30-35)49-48(42-25-13-19-34-27-26-32-16-7-8-20-36(32)44(34)42)47(41)46-39-23-11-9-21-37(39)45(33-17-5-2-6-18-33)38-22-10-12-24-40(38)46/h1-30H/i9D,10D,11D,12D,21D,22D,23D,24D. The third kappa shape index (κ3) is 4.33. The van der Waals surface area contributed by atoms with Crippen LogP contribution in [0.3, 0.4) is 0 Å². The van der Waals surface area contributed by atoms with Crippen LogP contribution in [0, 0.1) is 0 Å². The van der Waals surface area contributed by atoms with Crippen molar-refractivity contribution >= 4 is 54.1 Å². The van der Waals surface area contributed by atoms with Gasteiger partial charge in [-0.05, 0) is 72.1 Å². The predicted molar refractivity (Wildman–Crippen MR) is 208 cm³/mol. The number of hydrogen-bond acceptors (Lipinski definition) is 1. The maximum absolute atomic E-state index is 9.58. The molecule has 1 nitrogen and oxygen atoms in total. The average Bonchev–Trinajstić information content (AvgIpc) is 3.63. The van der Waals surface area contributed by atoms with E-state index in [2.05, 4.69) is 18.2 Å². The van der Waals surface area contributed by atoms with Gasteiger partial charge in [-0.3, -0.25) is 0 Å². The van der Waals surface area contributed by atoms with Crippen molar-refractivity contribution < 1.29 is 15.4 Å². The molecule has 0 saturated heterocycles. The van der Waals surface area contributed by atoms with Gasteiger partial charge in [-0.2, -0.15) is 0 Å². The van der Waals surface area contributed by atoms with E-state index in [1.807, 2.05) is 91.0 Å². The van der Waals surface area contributed by atoms with Crippen molar-refractivity contribution in [2.75, 3.05) is 0 Å². The first-order valence-electron chi connectivity index (χ1n) is 20.2. The summed E-state index contributed by atoms with van der Waals surface area (Å²) < 4.78 is 80.7. The van der Waals surface area contributed by atoms with Gasteiger partial charge in [-0.25, -0.2) is 0 Å². The Hall–Kier alpha value is -6.44. The highest BCUT2D eigenvalue weighted by molar-refractivity contribution is 6.26. The first-order chi connectivity index (χ1) is 27.7. The maximum atomic E-state index is 9.58. The molecule has 0 amide bonds. The zero-order chi connectivity index (χ0) is 39.3. The summed E-state index contributed by atoms with van der Waals surface area (Å²) in [4.78, 5) is 0. The van der Waals surface area contributed by atoms with Gasteiger partial charge in [0.05, 0.1) is 11.0 Å². The Bertz CT molecular complexity index is 3240. The zero-order valence-corrected chi connectivity index (χ0v) is 26.1. The smallest absolute Gasteiger partial charge is 0.143 e. The van der Waals surface area contributed by atoms with Crippen LogP contribution < -0.4 is 0 Å². The van der Waals surface area contributed by atoms with Gasteiger partial charge in [0.25, 0.3) is 0 Å². The van der Waals surface area contributed by atoms with Crippen LogP contribution in [0.15, 0.2) is 186 Å². The lowest BCUT2D eigenvalue weighted by molar-refractivity contribution is 0.633. The van der Waals surface area contributed by atoms with Crippen molar-refractivity contribution in [3.8, 4) is 44.7 Å². The first-order valence-corrected chi connectivity index (χ1v) is 16.2. The Morgan fingerprint density at radius 2 is 0.980 bits per heavy atom. The van der Waals surface area contributed by atoms with Crippen LogP contribution in [-0.2, 0) is 0 Å². The van der Waals surface area contributed by atoms with E-state index in [4.69, 9.17) is 9.90 Å². The summed E-state index contributed by atoms with van der Waals surface area (Å²) in [5.74, 6) is 0.409. The van der Waals surface area contributed by atoms with Gasteiger partial charge in [0.2, 0.25) is 0 Å². The Morgan fingerprint density at radius 1 is 0.388 bits per heavy atom. The lowest BCUT2D eigenvalue weighted by Crippen LogP contribution is -1.92. The molecule has 0 spiro atoms. The molecule has 0 aliphatic carbocycles. The highest BCUT2D eigenvalue weighted by Gasteiger charge is 2.25. The van der Waals surface area contributed by atoms with Gasteiger partial charge in [-0.15, -0.1) is 0 Å². The SMILES string of the molecule is [2H]c1c([2H])c([2H])c2c(-c3c(-c4cccc5ccc6ccccc6c45)oc4cc(-c5ccccc5)ccc34)c3c([2H])c([2H])c([2H])c([2H])c3c(-c3ccccc3)c2c1[2H]. The van der Waals surface area contributed by atoms with Crippen LogP contribution >= 0.6 is 0 Å². The van der Waals surface area contributed by atoms with E-state index in [9.17, 15) is 5.48 Å². The fourth-order valence-corrected chi connectivity index (χ4v) is 7.36. The summed E-state index contributed by atoms with van der Waals surface area (Å²) in [6.07, 6.45) is 0. The topological polar surface area (TPSA) is 13.1 Å². The molecule has 0 atom stereocenters. The van der Waals surface area contributed by atoms with E-state index in [-0.39, 0.29) is 51.3 Å². The van der Waals surface area contributed by atoms with Crippen molar-refractivity contribution in [2.24, 2.45) is 0 Å². The van der Waals surface area contributed by atoms with E-state index in [0.29, 0.717) is 33.4 Å². The van der Waals surface area contributed by atoms with E-state index in [1.165, 1.54) is 0 Å². The summed E-state index contributed by atoms with van der Waals surface area (Å²) in [6.45, 7) is 0. The van der Waals surface area contributed by atoms with Gasteiger partial charge in [0.15, 0.2) is 0 Å². The number of benzene rings is 9. The summed E-state index contributed by atoms with van der Waals surface area (Å²) in [5.41, 5.74) is 4.68. The van der Waals surface area contributed by atoms with Crippen LogP contribution in [0.2, 0.25) is 0 Å². The minimum Gasteiger partial charge on any atom is -0.455 e. The van der Waals surface area contributed by atoms with E-state index in [1.54, 1.807) is 24.3 Å². The molecule has 0 aliphatic rings. The molecule has 0 bridgehead atoms. The van der Waals surface area contributed by atoms with Gasteiger partial charge < -0.3 is 4.42 Å². The highest BCUT2D eigenvalue weighted by Crippen LogP contribution is 2.51. The van der Waals surface area contributed by atoms with Crippen LogP contribution in [0.1, 0.15) is 11.0 Å². The lowest BCUT2D eigenvalue weighted by atomic mass is 9.84. The van der Waals surface area contributed by atoms with Crippen LogP contribution in [0.4, 0.5) is 0 Å². The molecule has 10 aromatic rings. The second kappa shape index (κ2) is 11.1. The molecule has 0 unspecified atom stereocenters. The molecule has 1 aromatic heterocycles. The van der Waals surface area contributed by atoms with E-state index in [0.717, 1.165) is 38.2 Å². The number of furan rings is 1. The Kier molecular flexibility index (Phi) is 4.69. The molecule has 0 N–H and O–H groups in total. The maximum Gasteiger partial charge on any atom is 0.143 e. The van der Waals surface area contributed by atoms with Gasteiger partial charge in [0, 0.05) is 27.5 Å². The third-order valence-corrected chi connectivity index (χ3v) is 9.50. The minimum absolute atomic E-state index is 0.138. The molecule has 0 saturated carbocycles. The largest absolute Gasteiger partial charge is 0.455 e. The second-order valence-electron chi connectivity index (χ2n) is 12.2. The molecule has 49 heavy (non-hydrogen) atoms. The summed E-state index contributed by atoms with van der Waals surface area (Å²) >= 11 is 0. The fourth-order valence-electron chi connectivity index (χ4n) is 7.36. The molecule has 9 aromatic carbocycles. The van der Waals surface area contributed by atoms with Crippen molar-refractivity contribution in [3.05, 3.63) is 182 Å². The third-order valence-electron chi connectivity index (χ3n) is 9.50. The van der Waals surface area contributed by atoms with Gasteiger partial charge in [-0.1, -0.05) is 170 Å². The fraction of sp³-hybridized carbons (Fsp3) is 0. The normalized spacial score (nSPS) is 14.0. The minimum atomic E-state index is -0.454. The zero-order valence-electron chi connectivity index (χ0n) is 34.1. The molecule has 0 radical (unpaired) electrons. The van der Waals surface area contributed by atoms with Crippen molar-refractivity contribution in [1.82, 2.24) is 0 Å². The molecule has 0 aliphatic heterocycles. The number of hydrogen-bond donors (Lipinski definition) is 0. The Morgan fingerprint density at radius 3 is 1.69 bits per heavy atom. The molecule has 0 fully saturated rings. The number of rotatable bonds is 4. The number of fused-ring (bicyclic) bond motifs is 6. The van der Waals surface area contributed by atoms with E-state index < -0.39 is 24.2 Å². The van der Waals surface area contributed by atoms with E-state index >= 15 is 0 Å². The summed E-state index contributed by atoms with van der Waals surface area (Å²) in [7, 11) is 0. The van der Waals surface area contributed by atoms with Crippen LogP contribution in [0.5, 0.6) is 0 Å². The Labute approximate surface area is 295 Å². The molecule has 1 heterocycles. The molecule has 228 valence electrons. The highest BCUT2D eigenvalue weighted by atomic mass is 16.3. The summed E-state index contributed by atoms with van der Waals surface area (Å²) in [5, 5.41) is 5.09. The van der Waals surface area contributed by atoms with Crippen molar-refractivity contribution in [1.29, 1.82) is 0 Å². The Balaban J connectivity index is 1.50. The average molecular weight is 631 g/mol. The van der Waals surface area contributed by atoms with Crippen LogP contribution in [0.25, 0.3) is 98.8 Å². The molecular formula is C48H30O. The molecule has 1 heteroatoms. The monoisotopic (exact) mass is 630 g/mol.